The first-order valence-corrected chi connectivity index (χ1v) is 9.76. The monoisotopic (exact) mass is 476 g/mol. The Morgan fingerprint density at radius 3 is 1.76 bits per heavy atom. The number of hydrogen-bond donors (Lipinski definition) is 1. The summed E-state index contributed by atoms with van der Waals surface area (Å²) in [6.45, 7) is 0. The van der Waals surface area contributed by atoms with E-state index in [0.717, 1.165) is 11.1 Å². The smallest absolute Gasteiger partial charge is 0.416 e. The molecule has 9 heteroatoms. The summed E-state index contributed by atoms with van der Waals surface area (Å²) < 4.78 is 83.9. The SMILES string of the molecule is O=C1OC(=Cc2ccc(-c3ccccc3)cc2)C(O)=C1c1cc(C(F)(F)F)cc(C(F)(F)F)c1. The molecule has 0 amide bonds. The number of carbonyl (C=O) groups excluding carboxylic acids is 1. The number of aliphatic hydroxyl groups excluding tert-OH is 1. The molecule has 0 unspecified atom stereocenters. The molecule has 0 radical (unpaired) electrons. The molecule has 1 heterocycles. The van der Waals surface area contributed by atoms with Gasteiger partial charge in [-0.1, -0.05) is 54.6 Å². The standard InChI is InChI=1S/C25H14F6O3/c26-24(27,28)18-11-17(12-19(13-18)25(29,30)31)21-22(32)20(34-23(21)33)10-14-6-8-16(9-7-14)15-4-2-1-3-5-15/h1-13,32H. The Kier molecular flexibility index (Phi) is 5.72. The highest BCUT2D eigenvalue weighted by Crippen LogP contribution is 2.40. The van der Waals surface area contributed by atoms with E-state index in [2.05, 4.69) is 0 Å². The highest BCUT2D eigenvalue weighted by molar-refractivity contribution is 6.21. The third-order valence-corrected chi connectivity index (χ3v) is 5.07. The number of hydrogen-bond acceptors (Lipinski definition) is 3. The van der Waals surface area contributed by atoms with Gasteiger partial charge in [0.2, 0.25) is 0 Å². The van der Waals surface area contributed by atoms with Crippen LogP contribution in [0.4, 0.5) is 26.3 Å². The summed E-state index contributed by atoms with van der Waals surface area (Å²) in [5, 5.41) is 10.5. The van der Waals surface area contributed by atoms with E-state index in [1.165, 1.54) is 6.08 Å². The molecule has 0 saturated heterocycles. The second-order valence-electron chi connectivity index (χ2n) is 7.40. The van der Waals surface area contributed by atoms with Crippen LogP contribution >= 0.6 is 0 Å². The van der Waals surface area contributed by atoms with Crippen LogP contribution in [0.1, 0.15) is 22.3 Å². The number of benzene rings is 3. The minimum atomic E-state index is -5.10. The van der Waals surface area contributed by atoms with Gasteiger partial charge in [-0.2, -0.15) is 26.3 Å². The second-order valence-corrected chi connectivity index (χ2v) is 7.40. The number of alkyl halides is 6. The first-order valence-electron chi connectivity index (χ1n) is 9.76. The number of cyclic esters (lactones) is 1. The fourth-order valence-corrected chi connectivity index (χ4v) is 3.42. The van der Waals surface area contributed by atoms with Crippen LogP contribution in [0.2, 0.25) is 0 Å². The number of esters is 1. The topological polar surface area (TPSA) is 46.5 Å². The van der Waals surface area contributed by atoms with Crippen LogP contribution in [0.25, 0.3) is 22.8 Å². The molecular weight excluding hydrogens is 462 g/mol. The number of halogens is 6. The second kappa shape index (κ2) is 8.40. The zero-order valence-corrected chi connectivity index (χ0v) is 17.0. The highest BCUT2D eigenvalue weighted by Gasteiger charge is 2.39. The third kappa shape index (κ3) is 4.68. The Labute approximate surface area is 189 Å². The van der Waals surface area contributed by atoms with Gasteiger partial charge in [-0.25, -0.2) is 4.79 Å². The molecule has 1 aliphatic rings. The van der Waals surface area contributed by atoms with Gasteiger partial charge >= 0.3 is 18.3 Å². The van der Waals surface area contributed by atoms with E-state index < -0.39 is 52.1 Å². The molecule has 0 atom stereocenters. The lowest BCUT2D eigenvalue weighted by atomic mass is 9.98. The van der Waals surface area contributed by atoms with E-state index in [0.29, 0.717) is 17.7 Å². The van der Waals surface area contributed by atoms with Crippen molar-refractivity contribution in [2.45, 2.75) is 12.4 Å². The number of ether oxygens (including phenoxy) is 1. The molecule has 3 aromatic rings. The van der Waals surface area contributed by atoms with Crippen molar-refractivity contribution in [1.82, 2.24) is 0 Å². The van der Waals surface area contributed by atoms with Crippen molar-refractivity contribution in [1.29, 1.82) is 0 Å². The van der Waals surface area contributed by atoms with E-state index in [1.807, 2.05) is 30.3 Å². The lowest BCUT2D eigenvalue weighted by molar-refractivity contribution is -0.143. The lowest BCUT2D eigenvalue weighted by Crippen LogP contribution is -2.12. The largest absolute Gasteiger partial charge is 0.504 e. The fraction of sp³-hybridized carbons (Fsp3) is 0.0800. The van der Waals surface area contributed by atoms with Crippen LogP contribution in [0, 0.1) is 0 Å². The minimum Gasteiger partial charge on any atom is -0.504 e. The van der Waals surface area contributed by atoms with Crippen LogP contribution in [0.15, 0.2) is 84.3 Å². The molecule has 3 aromatic carbocycles. The van der Waals surface area contributed by atoms with Crippen LogP contribution < -0.4 is 0 Å². The fourth-order valence-electron chi connectivity index (χ4n) is 3.42. The van der Waals surface area contributed by atoms with Crippen molar-refractivity contribution in [3.63, 3.8) is 0 Å². The molecule has 3 nitrogen and oxygen atoms in total. The van der Waals surface area contributed by atoms with Gasteiger partial charge in [-0.15, -0.1) is 0 Å². The zero-order valence-electron chi connectivity index (χ0n) is 17.0. The quantitative estimate of drug-likeness (QED) is 0.320. The Morgan fingerprint density at radius 1 is 0.706 bits per heavy atom. The number of aliphatic hydroxyl groups is 1. The first kappa shape index (κ1) is 23.2. The van der Waals surface area contributed by atoms with Crippen LogP contribution in [-0.4, -0.2) is 11.1 Å². The average molecular weight is 476 g/mol. The van der Waals surface area contributed by atoms with Crippen molar-refractivity contribution in [2.24, 2.45) is 0 Å². The summed E-state index contributed by atoms with van der Waals surface area (Å²) in [5.74, 6) is -2.51. The molecule has 0 bridgehead atoms. The maximum absolute atomic E-state index is 13.2. The summed E-state index contributed by atoms with van der Waals surface area (Å²) in [6.07, 6.45) is -8.95. The van der Waals surface area contributed by atoms with E-state index in [1.54, 1.807) is 24.3 Å². The summed E-state index contributed by atoms with van der Waals surface area (Å²) in [4.78, 5) is 12.3. The number of rotatable bonds is 3. The van der Waals surface area contributed by atoms with Crippen LogP contribution in [0.5, 0.6) is 0 Å². The molecule has 34 heavy (non-hydrogen) atoms. The normalized spacial score (nSPS) is 15.7. The Morgan fingerprint density at radius 2 is 1.24 bits per heavy atom. The van der Waals surface area contributed by atoms with Gasteiger partial charge in [0, 0.05) is 0 Å². The molecule has 4 rings (SSSR count). The number of carbonyl (C=O) groups is 1. The van der Waals surface area contributed by atoms with Crippen LogP contribution in [-0.2, 0) is 21.9 Å². The molecule has 0 aromatic heterocycles. The van der Waals surface area contributed by atoms with E-state index >= 15 is 0 Å². The summed E-state index contributed by atoms with van der Waals surface area (Å²) in [7, 11) is 0. The van der Waals surface area contributed by atoms with Gasteiger partial charge < -0.3 is 9.84 Å². The van der Waals surface area contributed by atoms with E-state index in [-0.39, 0.29) is 6.07 Å². The Hall–Kier alpha value is -4.01. The lowest BCUT2D eigenvalue weighted by Gasteiger charge is -2.14. The van der Waals surface area contributed by atoms with Crippen molar-refractivity contribution in [3.8, 4) is 11.1 Å². The molecule has 0 spiro atoms. The maximum Gasteiger partial charge on any atom is 0.416 e. The predicted octanol–water partition coefficient (Wildman–Crippen LogP) is 7.26. The Balaban J connectivity index is 1.73. The third-order valence-electron chi connectivity index (χ3n) is 5.07. The average Bonchev–Trinajstić information content (AvgIpc) is 3.06. The molecule has 0 saturated carbocycles. The van der Waals surface area contributed by atoms with E-state index in [4.69, 9.17) is 4.74 Å². The van der Waals surface area contributed by atoms with Gasteiger partial charge in [0.1, 0.15) is 5.57 Å². The van der Waals surface area contributed by atoms with Gasteiger partial charge in [0.15, 0.2) is 11.5 Å². The van der Waals surface area contributed by atoms with E-state index in [9.17, 15) is 36.2 Å². The van der Waals surface area contributed by atoms with Gasteiger partial charge in [0.05, 0.1) is 11.1 Å². The highest BCUT2D eigenvalue weighted by atomic mass is 19.4. The molecule has 0 aliphatic carbocycles. The maximum atomic E-state index is 13.2. The van der Waals surface area contributed by atoms with Crippen molar-refractivity contribution >= 4 is 17.6 Å². The van der Waals surface area contributed by atoms with Gasteiger partial charge in [0.25, 0.3) is 0 Å². The molecular formula is C25H14F6O3. The van der Waals surface area contributed by atoms with Gasteiger partial charge in [-0.05, 0) is 46.5 Å². The van der Waals surface area contributed by atoms with Gasteiger partial charge in [-0.3, -0.25) is 0 Å². The predicted molar refractivity (Wildman–Crippen MR) is 112 cm³/mol. The molecule has 0 fully saturated rings. The zero-order chi connectivity index (χ0) is 24.7. The Bertz CT molecular complexity index is 1270. The molecule has 174 valence electrons. The summed E-state index contributed by atoms with van der Waals surface area (Å²) >= 11 is 0. The minimum absolute atomic E-state index is 0.0631. The molecule has 1 N–H and O–H groups in total. The van der Waals surface area contributed by atoms with Crippen molar-refractivity contribution < 1.29 is 41.0 Å². The first-order chi connectivity index (χ1) is 15.9. The summed E-state index contributed by atoms with van der Waals surface area (Å²) in [5.41, 5.74) is -2.45. The van der Waals surface area contributed by atoms with Crippen molar-refractivity contribution in [3.05, 3.63) is 107 Å². The molecule has 1 aliphatic heterocycles. The van der Waals surface area contributed by atoms with Crippen molar-refractivity contribution in [2.75, 3.05) is 0 Å². The summed E-state index contributed by atoms with van der Waals surface area (Å²) in [6, 6.07) is 16.9. The van der Waals surface area contributed by atoms with Crippen LogP contribution in [0.3, 0.4) is 0 Å².